The largest absolute Gasteiger partial charge is 0.417 e. The second-order valence-corrected chi connectivity index (χ2v) is 12.3. The number of sulfonamides is 1. The molecule has 42 heavy (non-hydrogen) atoms. The summed E-state index contributed by atoms with van der Waals surface area (Å²) in [5, 5.41) is 2.55. The van der Waals surface area contributed by atoms with Crippen LogP contribution >= 0.6 is 23.2 Å². The summed E-state index contributed by atoms with van der Waals surface area (Å²) in [6.45, 7) is 4.12. The van der Waals surface area contributed by atoms with E-state index in [4.69, 9.17) is 23.2 Å². The quantitative estimate of drug-likeness (QED) is 0.257. The molecule has 3 aromatic carbocycles. The molecular weight excluding hydrogens is 614 g/mol. The Balaban J connectivity index is 2.11. The smallest absolute Gasteiger partial charge is 0.352 e. The summed E-state index contributed by atoms with van der Waals surface area (Å²) in [5.74, 6) is -1.31. The highest BCUT2D eigenvalue weighted by Gasteiger charge is 2.37. The maximum Gasteiger partial charge on any atom is 0.417 e. The molecule has 3 aromatic rings. The SMILES string of the molecule is CC[C@H](C)NC(=O)[C@@H](C)N(Cc1cccc(Cl)c1)C(=O)CN(c1ccc(Cl)c(C(F)(F)F)c1)S(=O)(=O)c1ccccc1. The molecule has 0 saturated carbocycles. The van der Waals surface area contributed by atoms with Gasteiger partial charge in [0.1, 0.15) is 12.6 Å². The normalized spacial score (nSPS) is 13.2. The zero-order chi connectivity index (χ0) is 31.2. The summed E-state index contributed by atoms with van der Waals surface area (Å²) in [6.07, 6.45) is -4.26. The highest BCUT2D eigenvalue weighted by molar-refractivity contribution is 7.92. The van der Waals surface area contributed by atoms with E-state index in [9.17, 15) is 31.2 Å². The van der Waals surface area contributed by atoms with Crippen LogP contribution < -0.4 is 9.62 Å². The topological polar surface area (TPSA) is 86.8 Å². The van der Waals surface area contributed by atoms with Crippen LogP contribution in [0.2, 0.25) is 10.0 Å². The summed E-state index contributed by atoms with van der Waals surface area (Å²) in [5.41, 5.74) is -1.13. The van der Waals surface area contributed by atoms with E-state index < -0.39 is 56.9 Å². The van der Waals surface area contributed by atoms with E-state index in [0.29, 0.717) is 27.4 Å². The molecule has 0 aromatic heterocycles. The van der Waals surface area contributed by atoms with Gasteiger partial charge in [0.05, 0.1) is 21.2 Å². The third-order valence-corrected chi connectivity index (χ3v) is 8.92. The lowest BCUT2D eigenvalue weighted by molar-refractivity contribution is -0.139. The minimum atomic E-state index is -4.89. The van der Waals surface area contributed by atoms with E-state index in [2.05, 4.69) is 5.32 Å². The standard InChI is InChI=1S/C29H30Cl2F3N3O4S/c1-4-19(2)35-28(39)20(3)36(17-21-9-8-10-22(30)15-21)27(38)18-37(42(40,41)24-11-6-5-7-12-24)23-13-14-26(31)25(16-23)29(32,33)34/h5-16,19-20H,4,17-18H2,1-3H3,(H,35,39)/t19-,20+/m0/s1. The van der Waals surface area contributed by atoms with Gasteiger partial charge in [-0.1, -0.05) is 60.5 Å². The molecule has 0 aliphatic carbocycles. The molecule has 0 fully saturated rings. The molecule has 0 unspecified atom stereocenters. The zero-order valence-corrected chi connectivity index (χ0v) is 25.4. The number of carbonyl (C=O) groups excluding carboxylic acids is 2. The van der Waals surface area contributed by atoms with Gasteiger partial charge in [-0.2, -0.15) is 13.2 Å². The molecule has 2 atom stereocenters. The van der Waals surface area contributed by atoms with Crippen molar-refractivity contribution in [1.29, 1.82) is 0 Å². The van der Waals surface area contributed by atoms with E-state index in [0.717, 1.165) is 17.0 Å². The maximum atomic E-state index is 13.9. The first kappa shape index (κ1) is 33.2. The van der Waals surface area contributed by atoms with Gasteiger partial charge in [-0.05, 0) is 68.3 Å². The highest BCUT2D eigenvalue weighted by Crippen LogP contribution is 2.38. The lowest BCUT2D eigenvalue weighted by Crippen LogP contribution is -2.52. The van der Waals surface area contributed by atoms with E-state index in [-0.39, 0.29) is 17.5 Å². The number of anilines is 1. The van der Waals surface area contributed by atoms with Crippen LogP contribution in [0.1, 0.15) is 38.3 Å². The van der Waals surface area contributed by atoms with Gasteiger partial charge < -0.3 is 10.2 Å². The Hall–Kier alpha value is -3.28. The van der Waals surface area contributed by atoms with Gasteiger partial charge in [-0.3, -0.25) is 13.9 Å². The van der Waals surface area contributed by atoms with Gasteiger partial charge in [-0.25, -0.2) is 8.42 Å². The molecule has 0 spiro atoms. The Bertz CT molecular complexity index is 1520. The third-order valence-electron chi connectivity index (χ3n) is 6.56. The van der Waals surface area contributed by atoms with Crippen LogP contribution in [0.3, 0.4) is 0 Å². The third kappa shape index (κ3) is 8.17. The first-order valence-electron chi connectivity index (χ1n) is 12.9. The Kier molecular flexibility index (Phi) is 10.9. The first-order valence-corrected chi connectivity index (χ1v) is 15.1. The Labute approximate surface area is 253 Å². The van der Waals surface area contributed by atoms with E-state index in [1.807, 2.05) is 6.92 Å². The highest BCUT2D eigenvalue weighted by atomic mass is 35.5. The van der Waals surface area contributed by atoms with Crippen molar-refractivity contribution in [3.63, 3.8) is 0 Å². The summed E-state index contributed by atoms with van der Waals surface area (Å²) in [6, 6.07) is 14.9. The van der Waals surface area contributed by atoms with Crippen molar-refractivity contribution in [1.82, 2.24) is 10.2 Å². The van der Waals surface area contributed by atoms with Crippen molar-refractivity contribution in [2.45, 2.75) is 56.9 Å². The fourth-order valence-corrected chi connectivity index (χ4v) is 5.88. The number of alkyl halides is 3. The molecule has 0 aliphatic heterocycles. The number of hydrogen-bond donors (Lipinski definition) is 1. The number of hydrogen-bond acceptors (Lipinski definition) is 4. The second-order valence-electron chi connectivity index (χ2n) is 9.63. The summed E-state index contributed by atoms with van der Waals surface area (Å²) >= 11 is 11.9. The van der Waals surface area contributed by atoms with Crippen molar-refractivity contribution in [3.05, 3.63) is 94.0 Å². The van der Waals surface area contributed by atoms with Crippen molar-refractivity contribution in [2.24, 2.45) is 0 Å². The van der Waals surface area contributed by atoms with Gasteiger partial charge in [0.15, 0.2) is 0 Å². The van der Waals surface area contributed by atoms with Crippen molar-refractivity contribution >= 4 is 50.7 Å². The van der Waals surface area contributed by atoms with Gasteiger partial charge in [0.2, 0.25) is 11.8 Å². The maximum absolute atomic E-state index is 13.9. The molecule has 1 N–H and O–H groups in total. The number of nitrogens with one attached hydrogen (secondary N) is 1. The first-order chi connectivity index (χ1) is 19.6. The van der Waals surface area contributed by atoms with Gasteiger partial charge in [0, 0.05) is 17.6 Å². The molecule has 3 rings (SSSR count). The second kappa shape index (κ2) is 13.8. The number of rotatable bonds is 11. The van der Waals surface area contributed by atoms with Crippen LogP contribution in [0.25, 0.3) is 0 Å². The average molecular weight is 645 g/mol. The van der Waals surface area contributed by atoms with Crippen LogP contribution in [0.4, 0.5) is 18.9 Å². The lowest BCUT2D eigenvalue weighted by atomic mass is 10.1. The fourth-order valence-electron chi connectivity index (χ4n) is 4.01. The summed E-state index contributed by atoms with van der Waals surface area (Å²) < 4.78 is 69.3. The number of nitrogens with zero attached hydrogens (tertiary/aromatic N) is 2. The van der Waals surface area contributed by atoms with Crippen LogP contribution in [0.15, 0.2) is 77.7 Å². The van der Waals surface area contributed by atoms with Crippen LogP contribution in [0.5, 0.6) is 0 Å². The Morgan fingerprint density at radius 3 is 2.21 bits per heavy atom. The summed E-state index contributed by atoms with van der Waals surface area (Å²) in [4.78, 5) is 27.9. The molecule has 0 saturated heterocycles. The minimum Gasteiger partial charge on any atom is -0.352 e. The Morgan fingerprint density at radius 2 is 1.62 bits per heavy atom. The monoisotopic (exact) mass is 643 g/mol. The van der Waals surface area contributed by atoms with Crippen molar-refractivity contribution in [2.75, 3.05) is 10.8 Å². The van der Waals surface area contributed by atoms with E-state index >= 15 is 0 Å². The number of carbonyl (C=O) groups is 2. The number of halogens is 5. The molecule has 2 amide bonds. The number of benzene rings is 3. The minimum absolute atomic E-state index is 0.123. The average Bonchev–Trinajstić information content (AvgIpc) is 2.94. The van der Waals surface area contributed by atoms with Crippen LogP contribution in [-0.2, 0) is 32.3 Å². The number of amides is 2. The van der Waals surface area contributed by atoms with Crippen molar-refractivity contribution < 1.29 is 31.2 Å². The predicted octanol–water partition coefficient (Wildman–Crippen LogP) is 6.54. The van der Waals surface area contributed by atoms with E-state index in [1.165, 1.54) is 31.2 Å². The molecule has 0 radical (unpaired) electrons. The predicted molar refractivity (Wildman–Crippen MR) is 157 cm³/mol. The van der Waals surface area contributed by atoms with Gasteiger partial charge in [-0.15, -0.1) is 0 Å². The molecule has 0 heterocycles. The molecule has 0 bridgehead atoms. The zero-order valence-electron chi connectivity index (χ0n) is 23.0. The molecule has 7 nitrogen and oxygen atoms in total. The lowest BCUT2D eigenvalue weighted by Gasteiger charge is -2.32. The molecule has 226 valence electrons. The van der Waals surface area contributed by atoms with E-state index in [1.54, 1.807) is 37.3 Å². The molecule has 13 heteroatoms. The fraction of sp³-hybridized carbons (Fsp3) is 0.310. The van der Waals surface area contributed by atoms with Crippen molar-refractivity contribution in [3.8, 4) is 0 Å². The molecular formula is C29H30Cl2F3N3O4S. The van der Waals surface area contributed by atoms with Gasteiger partial charge in [0.25, 0.3) is 10.0 Å². The Morgan fingerprint density at radius 1 is 0.952 bits per heavy atom. The molecule has 0 aliphatic rings. The van der Waals surface area contributed by atoms with Crippen LogP contribution in [-0.4, -0.2) is 43.8 Å². The van der Waals surface area contributed by atoms with Gasteiger partial charge >= 0.3 is 6.18 Å². The summed E-state index contributed by atoms with van der Waals surface area (Å²) in [7, 11) is -4.55. The van der Waals surface area contributed by atoms with Crippen LogP contribution in [0, 0.1) is 0 Å².